The number of nitrogens with one attached hydrogen (secondary N) is 3. The quantitative estimate of drug-likeness (QED) is 0.100. The first-order valence-corrected chi connectivity index (χ1v) is 16.6. The van der Waals surface area contributed by atoms with Gasteiger partial charge in [-0.25, -0.2) is 9.59 Å². The highest BCUT2D eigenvalue weighted by atomic mass is 35.5. The number of ether oxygens (including phenoxy) is 3. The summed E-state index contributed by atoms with van der Waals surface area (Å²) in [5, 5.41) is 14.7. The average Bonchev–Trinajstić information content (AvgIpc) is 3.32. The third-order valence-corrected chi connectivity index (χ3v) is 9.30. The molecule has 1 fully saturated rings. The SMILES string of the molecule is COC(=O)c1c(O)cccc1OCCCCNC(=O)C(Cc1ccc(C2CC(=O)NS2(O)O)c(Cl)c1)NC(=O)OCc1ccccc1. The molecule has 0 aliphatic carbocycles. The monoisotopic (exact) mass is 689 g/mol. The van der Waals surface area contributed by atoms with E-state index in [0.717, 1.165) is 5.56 Å². The number of alkyl carbamates (subject to hydrolysis) is 1. The van der Waals surface area contributed by atoms with E-state index in [1.807, 2.05) is 18.2 Å². The van der Waals surface area contributed by atoms with Crippen LogP contribution in [-0.4, -0.2) is 64.4 Å². The Labute approximate surface area is 278 Å². The van der Waals surface area contributed by atoms with E-state index >= 15 is 0 Å². The van der Waals surface area contributed by atoms with Crippen LogP contribution in [0.1, 0.15) is 51.6 Å². The second kappa shape index (κ2) is 16.4. The van der Waals surface area contributed by atoms with Crippen molar-refractivity contribution in [3.05, 3.63) is 94.0 Å². The Hall–Kier alpha value is -4.50. The molecule has 15 heteroatoms. The molecule has 2 unspecified atom stereocenters. The molecule has 0 aromatic heterocycles. The first-order chi connectivity index (χ1) is 22.5. The fraction of sp³-hybridized carbons (Fsp3) is 0.312. The van der Waals surface area contributed by atoms with Gasteiger partial charge in [-0.2, -0.15) is 0 Å². The number of esters is 1. The number of carbonyl (C=O) groups excluding carboxylic acids is 4. The molecule has 3 aromatic rings. The summed E-state index contributed by atoms with van der Waals surface area (Å²) in [6.07, 6.45) is 0.0722. The van der Waals surface area contributed by atoms with Gasteiger partial charge in [-0.15, -0.1) is 10.8 Å². The predicted molar refractivity (Wildman–Crippen MR) is 174 cm³/mol. The number of rotatable bonds is 14. The lowest BCUT2D eigenvalue weighted by molar-refractivity contribution is -0.123. The third kappa shape index (κ3) is 9.75. The number of phenols is 1. The van der Waals surface area contributed by atoms with Crippen LogP contribution in [0.3, 0.4) is 0 Å². The molecule has 6 N–H and O–H groups in total. The Morgan fingerprint density at radius 3 is 2.49 bits per heavy atom. The second-order valence-corrected chi connectivity index (χ2v) is 13.0. The number of hydrogen-bond acceptors (Lipinski definition) is 10. The summed E-state index contributed by atoms with van der Waals surface area (Å²) in [6, 6.07) is 17.2. The molecule has 252 valence electrons. The van der Waals surface area contributed by atoms with Gasteiger partial charge >= 0.3 is 12.1 Å². The number of unbranched alkanes of at least 4 members (excludes halogenated alkanes) is 1. The van der Waals surface area contributed by atoms with Crippen LogP contribution in [-0.2, 0) is 32.1 Å². The van der Waals surface area contributed by atoms with E-state index < -0.39 is 45.9 Å². The normalized spacial score (nSPS) is 16.3. The highest BCUT2D eigenvalue weighted by molar-refractivity contribution is 8.23. The molecular weight excluding hydrogens is 654 g/mol. The van der Waals surface area contributed by atoms with Gasteiger partial charge in [0.1, 0.15) is 35.0 Å². The molecule has 1 aliphatic rings. The van der Waals surface area contributed by atoms with Gasteiger partial charge in [0.25, 0.3) is 0 Å². The Morgan fingerprint density at radius 1 is 1.04 bits per heavy atom. The van der Waals surface area contributed by atoms with Crippen LogP contribution in [0.2, 0.25) is 5.02 Å². The maximum absolute atomic E-state index is 13.3. The van der Waals surface area contributed by atoms with E-state index in [0.29, 0.717) is 24.0 Å². The van der Waals surface area contributed by atoms with Gasteiger partial charge in [0.2, 0.25) is 11.8 Å². The Balaban J connectivity index is 1.36. The van der Waals surface area contributed by atoms with Crippen molar-refractivity contribution in [3.8, 4) is 11.5 Å². The molecule has 1 heterocycles. The van der Waals surface area contributed by atoms with Crippen molar-refractivity contribution in [2.24, 2.45) is 0 Å². The summed E-state index contributed by atoms with van der Waals surface area (Å²) in [7, 11) is -2.21. The molecule has 0 bridgehead atoms. The lowest BCUT2D eigenvalue weighted by Gasteiger charge is -2.33. The van der Waals surface area contributed by atoms with Crippen LogP contribution < -0.4 is 20.1 Å². The fourth-order valence-corrected chi connectivity index (χ4v) is 6.76. The molecule has 0 spiro atoms. The van der Waals surface area contributed by atoms with E-state index in [-0.39, 0.29) is 54.7 Å². The largest absolute Gasteiger partial charge is 0.507 e. The van der Waals surface area contributed by atoms with Gasteiger partial charge in [-0.1, -0.05) is 60.1 Å². The minimum atomic E-state index is -3.41. The van der Waals surface area contributed by atoms with Crippen molar-refractivity contribution in [1.82, 2.24) is 15.4 Å². The van der Waals surface area contributed by atoms with Crippen LogP contribution in [0, 0.1) is 0 Å². The van der Waals surface area contributed by atoms with Crippen LogP contribution in [0.5, 0.6) is 11.5 Å². The van der Waals surface area contributed by atoms with Crippen molar-refractivity contribution in [1.29, 1.82) is 0 Å². The van der Waals surface area contributed by atoms with Crippen molar-refractivity contribution in [3.63, 3.8) is 0 Å². The second-order valence-electron chi connectivity index (χ2n) is 10.6. The highest BCUT2D eigenvalue weighted by Crippen LogP contribution is 2.57. The van der Waals surface area contributed by atoms with Gasteiger partial charge in [0.15, 0.2) is 0 Å². The number of methoxy groups -OCH3 is 1. The zero-order valence-electron chi connectivity index (χ0n) is 25.4. The molecule has 47 heavy (non-hydrogen) atoms. The van der Waals surface area contributed by atoms with Gasteiger partial charge in [0, 0.05) is 18.0 Å². The molecule has 1 aliphatic heterocycles. The van der Waals surface area contributed by atoms with Crippen LogP contribution in [0.15, 0.2) is 66.7 Å². The van der Waals surface area contributed by atoms with E-state index in [9.17, 15) is 33.4 Å². The average molecular weight is 690 g/mol. The van der Waals surface area contributed by atoms with Crippen molar-refractivity contribution < 1.29 is 47.6 Å². The number of phenolic OH excluding ortho intramolecular Hbond substituents is 1. The third-order valence-electron chi connectivity index (χ3n) is 7.23. The van der Waals surface area contributed by atoms with Gasteiger partial charge in [0.05, 0.1) is 20.1 Å². The smallest absolute Gasteiger partial charge is 0.408 e. The molecule has 0 saturated carbocycles. The number of benzene rings is 3. The molecule has 3 amide bonds. The van der Waals surface area contributed by atoms with Gasteiger partial charge in [-0.3, -0.25) is 23.4 Å². The number of halogens is 1. The Morgan fingerprint density at radius 2 is 1.81 bits per heavy atom. The van der Waals surface area contributed by atoms with E-state index in [1.54, 1.807) is 30.3 Å². The van der Waals surface area contributed by atoms with Crippen molar-refractivity contribution in [2.75, 3.05) is 20.3 Å². The molecule has 4 rings (SSSR count). The van der Waals surface area contributed by atoms with Crippen LogP contribution in [0.25, 0.3) is 0 Å². The zero-order valence-corrected chi connectivity index (χ0v) is 27.0. The molecule has 0 radical (unpaired) electrons. The van der Waals surface area contributed by atoms with E-state index in [2.05, 4.69) is 15.4 Å². The molecule has 3 aromatic carbocycles. The standard InChI is InChI=1S/C32H36ClN3O10S/c1-44-31(40)29-25(37)10-7-11-26(29)45-15-6-5-14-34-30(39)24(35-32(41)46-19-20-8-3-2-4-9-20)17-21-12-13-22(23(33)16-21)27-18-28(38)36-47(27,42)43/h2-4,7-13,16,24,27,37,42-43H,5-6,14-15,17-19H2,1H3,(H,34,39)(H,35,41)(H,36,38). The Kier molecular flexibility index (Phi) is 12.3. The zero-order chi connectivity index (χ0) is 34.0. The molecule has 13 nitrogen and oxygen atoms in total. The van der Waals surface area contributed by atoms with Crippen molar-refractivity contribution in [2.45, 2.75) is 43.6 Å². The Bertz CT molecular complexity index is 1590. The van der Waals surface area contributed by atoms with E-state index in [1.165, 1.54) is 25.3 Å². The maximum atomic E-state index is 13.3. The maximum Gasteiger partial charge on any atom is 0.408 e. The molecule has 1 saturated heterocycles. The number of carbonyl (C=O) groups is 4. The van der Waals surface area contributed by atoms with Crippen molar-refractivity contribution >= 4 is 46.3 Å². The summed E-state index contributed by atoms with van der Waals surface area (Å²) in [5.41, 5.74) is 1.63. The lowest BCUT2D eigenvalue weighted by Crippen LogP contribution is -2.48. The number of hydrogen-bond donors (Lipinski definition) is 6. The van der Waals surface area contributed by atoms with Crippen LogP contribution >= 0.6 is 22.4 Å². The first-order valence-electron chi connectivity index (χ1n) is 14.6. The summed E-state index contributed by atoms with van der Waals surface area (Å²) < 4.78 is 38.4. The molecular formula is C32H36ClN3O10S. The highest BCUT2D eigenvalue weighted by Gasteiger charge is 2.39. The summed E-state index contributed by atoms with van der Waals surface area (Å²) in [4.78, 5) is 49.7. The van der Waals surface area contributed by atoms with Gasteiger partial charge < -0.3 is 30.0 Å². The first kappa shape index (κ1) is 35.4. The minimum Gasteiger partial charge on any atom is -0.507 e. The van der Waals surface area contributed by atoms with E-state index in [4.69, 9.17) is 25.8 Å². The fourth-order valence-electron chi connectivity index (χ4n) is 4.85. The summed E-state index contributed by atoms with van der Waals surface area (Å²) in [6.45, 7) is 0.428. The number of amides is 3. The summed E-state index contributed by atoms with van der Waals surface area (Å²) in [5.74, 6) is -1.81. The lowest BCUT2D eigenvalue weighted by atomic mass is 10.0. The van der Waals surface area contributed by atoms with Gasteiger partial charge in [-0.05, 0) is 47.7 Å². The summed E-state index contributed by atoms with van der Waals surface area (Å²) >= 11 is 6.48. The van der Waals surface area contributed by atoms with Crippen LogP contribution in [0.4, 0.5) is 4.79 Å². The minimum absolute atomic E-state index is 0.00103. The topological polar surface area (TPSA) is 193 Å². The predicted octanol–water partition coefficient (Wildman–Crippen LogP) is 4.87. The number of aromatic hydroxyl groups is 1. The molecule has 2 atom stereocenters.